The fourth-order valence-electron chi connectivity index (χ4n) is 3.17. The van der Waals surface area contributed by atoms with Crippen molar-refractivity contribution in [1.29, 1.82) is 0 Å². The number of alkyl halides is 3. The van der Waals surface area contributed by atoms with Gasteiger partial charge in [0.2, 0.25) is 5.95 Å². The molecule has 1 heterocycles. The molecule has 0 radical (unpaired) electrons. The SMILES string of the molecule is Cc1cc(C(C)C)c(-n2nc(C(F)(F)F)nc2N(C)C)cc1-c1ccccc1.OS. The highest BCUT2D eigenvalue weighted by Gasteiger charge is 2.38. The number of thiol groups is 1. The van der Waals surface area contributed by atoms with Gasteiger partial charge in [-0.05, 0) is 54.1 Å². The number of hydrogen-bond acceptors (Lipinski definition) is 5. The molecule has 0 aliphatic carbocycles. The number of aryl methyl sites for hydroxylation is 1. The van der Waals surface area contributed by atoms with Crippen LogP contribution in [0.15, 0.2) is 42.5 Å². The van der Waals surface area contributed by atoms with E-state index in [-0.39, 0.29) is 11.9 Å². The molecular formula is C21H25F3N4OS. The molecule has 0 amide bonds. The average Bonchev–Trinajstić information content (AvgIpc) is 3.16. The molecule has 0 saturated heterocycles. The molecule has 0 spiro atoms. The summed E-state index contributed by atoms with van der Waals surface area (Å²) in [6, 6.07) is 13.7. The van der Waals surface area contributed by atoms with Crippen molar-refractivity contribution in [2.45, 2.75) is 32.9 Å². The quantitative estimate of drug-likeness (QED) is 0.397. The standard InChI is InChI=1S/C21H23F3N4.H2OS/c1-13(2)16-11-14(3)17(15-9-7-6-8-10-15)12-18(16)28-20(27(4)5)25-19(26-28)21(22,23)24;1-2/h6-13H,1-5H3;1-2H. The van der Waals surface area contributed by atoms with E-state index in [0.717, 1.165) is 22.3 Å². The maximum Gasteiger partial charge on any atom is 0.453 e. The molecule has 2 aromatic carbocycles. The van der Waals surface area contributed by atoms with Gasteiger partial charge in [0.15, 0.2) is 0 Å². The topological polar surface area (TPSA) is 54.2 Å². The van der Waals surface area contributed by atoms with Gasteiger partial charge < -0.3 is 9.45 Å². The van der Waals surface area contributed by atoms with Crippen LogP contribution in [-0.4, -0.2) is 33.4 Å². The van der Waals surface area contributed by atoms with Crippen LogP contribution in [0, 0.1) is 6.92 Å². The van der Waals surface area contributed by atoms with E-state index in [9.17, 15) is 13.2 Å². The number of anilines is 1. The lowest BCUT2D eigenvalue weighted by molar-refractivity contribution is -0.144. The van der Waals surface area contributed by atoms with Crippen LogP contribution in [0.25, 0.3) is 16.8 Å². The van der Waals surface area contributed by atoms with Crippen molar-refractivity contribution in [1.82, 2.24) is 14.8 Å². The highest BCUT2D eigenvalue weighted by Crippen LogP contribution is 2.35. The second-order valence-corrected chi connectivity index (χ2v) is 7.29. The third-order valence-electron chi connectivity index (χ3n) is 4.55. The predicted molar refractivity (Wildman–Crippen MR) is 117 cm³/mol. The molecule has 162 valence electrons. The lowest BCUT2D eigenvalue weighted by atomic mass is 9.92. The Labute approximate surface area is 179 Å². The average molecular weight is 439 g/mol. The molecule has 1 N–H and O–H groups in total. The molecule has 3 aromatic rings. The molecule has 0 unspecified atom stereocenters. The monoisotopic (exact) mass is 438 g/mol. The van der Waals surface area contributed by atoms with E-state index in [0.29, 0.717) is 5.69 Å². The van der Waals surface area contributed by atoms with E-state index >= 15 is 0 Å². The van der Waals surface area contributed by atoms with Crippen LogP contribution in [0.3, 0.4) is 0 Å². The van der Waals surface area contributed by atoms with Gasteiger partial charge in [0, 0.05) is 14.1 Å². The Kier molecular flexibility index (Phi) is 7.54. The summed E-state index contributed by atoms with van der Waals surface area (Å²) in [6.45, 7) is 6.03. The van der Waals surface area contributed by atoms with Crippen LogP contribution in [0.1, 0.15) is 36.7 Å². The van der Waals surface area contributed by atoms with Crippen molar-refractivity contribution >= 4 is 18.9 Å². The van der Waals surface area contributed by atoms with Gasteiger partial charge in [0.1, 0.15) is 0 Å². The third kappa shape index (κ3) is 4.96. The molecule has 9 heteroatoms. The molecule has 3 rings (SSSR count). The zero-order chi connectivity index (χ0) is 22.6. The van der Waals surface area contributed by atoms with Crippen molar-refractivity contribution in [3.05, 3.63) is 59.4 Å². The van der Waals surface area contributed by atoms with Crippen molar-refractivity contribution in [2.75, 3.05) is 19.0 Å². The number of nitrogens with zero attached hydrogens (tertiary/aromatic N) is 4. The van der Waals surface area contributed by atoms with Crippen LogP contribution in [0.2, 0.25) is 0 Å². The number of rotatable bonds is 4. The van der Waals surface area contributed by atoms with E-state index < -0.39 is 12.0 Å². The van der Waals surface area contributed by atoms with E-state index in [2.05, 4.69) is 23.0 Å². The summed E-state index contributed by atoms with van der Waals surface area (Å²) in [6.07, 6.45) is -4.61. The van der Waals surface area contributed by atoms with Crippen LogP contribution in [-0.2, 0) is 6.18 Å². The fraction of sp³-hybridized carbons (Fsp3) is 0.333. The molecule has 0 saturated carbocycles. The van der Waals surface area contributed by atoms with Crippen LogP contribution in [0.5, 0.6) is 0 Å². The van der Waals surface area contributed by atoms with Crippen molar-refractivity contribution in [2.24, 2.45) is 0 Å². The Hall–Kier alpha value is -2.52. The Bertz CT molecular complexity index is 986. The van der Waals surface area contributed by atoms with Gasteiger partial charge in [0.25, 0.3) is 5.82 Å². The first-order valence-corrected chi connectivity index (χ1v) is 9.61. The maximum absolute atomic E-state index is 13.3. The van der Waals surface area contributed by atoms with Gasteiger partial charge in [0.05, 0.1) is 5.69 Å². The molecule has 0 aliphatic heterocycles. The fourth-order valence-corrected chi connectivity index (χ4v) is 3.17. The number of benzene rings is 2. The van der Waals surface area contributed by atoms with Crippen LogP contribution < -0.4 is 4.90 Å². The molecule has 0 aliphatic rings. The summed E-state index contributed by atoms with van der Waals surface area (Å²) in [5.41, 5.74) is 4.53. The molecule has 30 heavy (non-hydrogen) atoms. The largest absolute Gasteiger partial charge is 0.453 e. The van der Waals surface area contributed by atoms with Crippen molar-refractivity contribution in [3.8, 4) is 16.8 Å². The van der Waals surface area contributed by atoms with E-state index in [4.69, 9.17) is 4.55 Å². The summed E-state index contributed by atoms with van der Waals surface area (Å²) in [7, 11) is 3.31. The first-order valence-electron chi connectivity index (χ1n) is 9.21. The number of hydrogen-bond donors (Lipinski definition) is 2. The Morgan fingerprint density at radius 1 is 1.07 bits per heavy atom. The Balaban J connectivity index is 0.00000155. The van der Waals surface area contributed by atoms with Gasteiger partial charge in [-0.1, -0.05) is 50.2 Å². The summed E-state index contributed by atoms with van der Waals surface area (Å²) < 4.78 is 47.8. The Morgan fingerprint density at radius 3 is 2.17 bits per heavy atom. The predicted octanol–water partition coefficient (Wildman–Crippen LogP) is 5.84. The van der Waals surface area contributed by atoms with E-state index in [1.54, 1.807) is 14.1 Å². The second kappa shape index (κ2) is 9.53. The molecule has 1 aromatic heterocycles. The lowest BCUT2D eigenvalue weighted by Gasteiger charge is -2.20. The zero-order valence-electron chi connectivity index (χ0n) is 17.4. The minimum absolute atomic E-state index is 0.104. The summed E-state index contributed by atoms with van der Waals surface area (Å²) in [5, 5.41) is 3.82. The van der Waals surface area contributed by atoms with Gasteiger partial charge in [-0.3, -0.25) is 0 Å². The van der Waals surface area contributed by atoms with Gasteiger partial charge in [-0.15, -0.1) is 5.10 Å². The first-order chi connectivity index (χ1) is 14.1. The first kappa shape index (κ1) is 23.8. The second-order valence-electron chi connectivity index (χ2n) is 7.29. The molecule has 0 atom stereocenters. The van der Waals surface area contributed by atoms with Gasteiger partial charge in [-0.2, -0.15) is 22.8 Å². The smallest absolute Gasteiger partial charge is 0.347 e. The van der Waals surface area contributed by atoms with Crippen molar-refractivity contribution in [3.63, 3.8) is 0 Å². The summed E-state index contributed by atoms with van der Waals surface area (Å²) in [4.78, 5) is 5.27. The van der Waals surface area contributed by atoms with Crippen molar-refractivity contribution < 1.29 is 17.7 Å². The lowest BCUT2D eigenvalue weighted by Crippen LogP contribution is -2.16. The number of aromatic nitrogens is 3. The van der Waals surface area contributed by atoms with E-state index in [1.165, 1.54) is 9.58 Å². The van der Waals surface area contributed by atoms with Crippen LogP contribution >= 0.6 is 12.9 Å². The molecule has 0 bridgehead atoms. The third-order valence-corrected chi connectivity index (χ3v) is 4.55. The highest BCUT2D eigenvalue weighted by molar-refractivity contribution is 7.74. The molecular weight excluding hydrogens is 413 g/mol. The maximum atomic E-state index is 13.3. The van der Waals surface area contributed by atoms with Crippen LogP contribution in [0.4, 0.5) is 19.1 Å². The minimum Gasteiger partial charge on any atom is -0.347 e. The normalized spacial score (nSPS) is 11.3. The number of halogens is 3. The Morgan fingerprint density at radius 2 is 1.67 bits per heavy atom. The summed E-state index contributed by atoms with van der Waals surface area (Å²) >= 11 is 2.53. The highest BCUT2D eigenvalue weighted by atomic mass is 32.1. The summed E-state index contributed by atoms with van der Waals surface area (Å²) in [5.74, 6) is -0.906. The molecule has 5 nitrogen and oxygen atoms in total. The van der Waals surface area contributed by atoms with E-state index in [1.807, 2.05) is 63.2 Å². The van der Waals surface area contributed by atoms with Gasteiger partial charge >= 0.3 is 6.18 Å². The minimum atomic E-state index is -4.61. The molecule has 0 fully saturated rings. The van der Waals surface area contributed by atoms with Gasteiger partial charge in [-0.25, -0.2) is 0 Å². The zero-order valence-corrected chi connectivity index (χ0v) is 18.3.